The molecule has 3 rings (SSSR count). The molecule has 0 aromatic carbocycles. The molecular weight excluding hydrogens is 342 g/mol. The molecule has 0 N–H and O–H groups in total. The molecule has 1 aromatic rings. The van der Waals surface area contributed by atoms with E-state index in [0.717, 1.165) is 32.5 Å². The second kappa shape index (κ2) is 8.33. The first-order valence-electron chi connectivity index (χ1n) is 9.20. The van der Waals surface area contributed by atoms with Gasteiger partial charge in [-0.1, -0.05) is 23.6 Å². The van der Waals surface area contributed by atoms with E-state index in [4.69, 9.17) is 4.74 Å². The summed E-state index contributed by atoms with van der Waals surface area (Å²) in [5.41, 5.74) is -0.140. The van der Waals surface area contributed by atoms with Crippen molar-refractivity contribution in [2.24, 2.45) is 0 Å². The van der Waals surface area contributed by atoms with E-state index in [2.05, 4.69) is 15.7 Å². The van der Waals surface area contributed by atoms with Crippen molar-refractivity contribution in [3.8, 4) is 5.19 Å². The molecule has 0 unspecified atom stereocenters. The van der Waals surface area contributed by atoms with Crippen LogP contribution >= 0.6 is 18.9 Å². The highest BCUT2D eigenvalue weighted by Gasteiger charge is 2.21. The van der Waals surface area contributed by atoms with Gasteiger partial charge in [-0.15, -0.1) is 7.55 Å². The number of fused-ring (bicyclic) bond motifs is 1. The van der Waals surface area contributed by atoms with Crippen LogP contribution < -0.4 is 4.74 Å². The fourth-order valence-electron chi connectivity index (χ4n) is 3.33. The molecule has 3 heterocycles. The Hall–Kier alpha value is -0.380. The zero-order valence-corrected chi connectivity index (χ0v) is 16.8. The number of hydrogen-bond acceptors (Lipinski definition) is 4. The quantitative estimate of drug-likeness (QED) is 0.734. The maximum absolute atomic E-state index is 13.6. The molecule has 6 heteroatoms. The number of aromatic nitrogens is 1. The topological polar surface area (TPSA) is 25.4 Å². The number of ether oxygens (including phenoxy) is 1. The fourth-order valence-corrected chi connectivity index (χ4v) is 6.86. The van der Waals surface area contributed by atoms with Crippen molar-refractivity contribution in [3.63, 3.8) is 0 Å². The summed E-state index contributed by atoms with van der Waals surface area (Å²) >= 11 is 1.61. The van der Waals surface area contributed by atoms with E-state index in [1.165, 1.54) is 56.0 Å². The van der Waals surface area contributed by atoms with Crippen molar-refractivity contribution in [2.75, 3.05) is 38.6 Å². The lowest BCUT2D eigenvalue weighted by atomic mass is 10.2. The van der Waals surface area contributed by atoms with E-state index in [0.29, 0.717) is 5.19 Å². The van der Waals surface area contributed by atoms with Crippen molar-refractivity contribution < 1.29 is 9.13 Å². The van der Waals surface area contributed by atoms with Gasteiger partial charge in [0.1, 0.15) is 12.3 Å². The van der Waals surface area contributed by atoms with E-state index in [1.807, 2.05) is 0 Å². The van der Waals surface area contributed by atoms with E-state index in [9.17, 15) is 4.39 Å². The lowest BCUT2D eigenvalue weighted by Crippen LogP contribution is -2.28. The number of thiazole rings is 1. The molecule has 136 valence electrons. The molecule has 0 spiro atoms. The Bertz CT molecular complexity index is 549. The minimum atomic E-state index is -1.31. The van der Waals surface area contributed by atoms with Crippen LogP contribution in [0.2, 0.25) is 0 Å². The first-order chi connectivity index (χ1) is 11.5. The predicted molar refractivity (Wildman–Crippen MR) is 105 cm³/mol. The van der Waals surface area contributed by atoms with Crippen LogP contribution in [0.4, 0.5) is 4.39 Å². The normalized spacial score (nSPS) is 20.5. The van der Waals surface area contributed by atoms with Crippen LogP contribution in [-0.4, -0.2) is 59.9 Å². The number of rotatable bonds is 5. The summed E-state index contributed by atoms with van der Waals surface area (Å²) in [6.45, 7) is 6.49. The molecule has 0 aliphatic carbocycles. The molecule has 0 atom stereocenters. The van der Waals surface area contributed by atoms with Gasteiger partial charge in [0.05, 0.1) is 5.69 Å². The molecule has 0 bridgehead atoms. The van der Waals surface area contributed by atoms with Gasteiger partial charge in [-0.05, 0) is 45.4 Å². The van der Waals surface area contributed by atoms with Crippen molar-refractivity contribution in [1.82, 2.24) is 9.88 Å². The number of hydrogen-bond donors (Lipinski definition) is 0. The lowest BCUT2D eigenvalue weighted by molar-refractivity contribution is 0.120. The third-order valence-electron chi connectivity index (χ3n) is 4.75. The molecule has 3 nitrogen and oxygen atoms in total. The summed E-state index contributed by atoms with van der Waals surface area (Å²) in [7, 11) is -0.175. The lowest BCUT2D eigenvalue weighted by Gasteiger charge is -2.20. The zero-order chi connectivity index (χ0) is 17.0. The zero-order valence-electron chi connectivity index (χ0n) is 14.9. The summed E-state index contributed by atoms with van der Waals surface area (Å²) in [4.78, 5) is 8.50. The summed E-state index contributed by atoms with van der Waals surface area (Å²) in [5.74, 6) is 2.65. The molecular formula is C18H30FN2OPS. The van der Waals surface area contributed by atoms with Crippen LogP contribution in [0.25, 0.3) is 0 Å². The van der Waals surface area contributed by atoms with Gasteiger partial charge in [-0.2, -0.15) is 0 Å². The largest absolute Gasteiger partial charge is 0.467 e. The van der Waals surface area contributed by atoms with Gasteiger partial charge < -0.3 is 4.74 Å². The SMILES string of the molecule is CC(C)(F)COc1nc2c(s1)CCN(CC=[PH]1CCCCC1)CC2. The molecule has 0 amide bonds. The number of alkyl halides is 1. The Morgan fingerprint density at radius 3 is 2.75 bits per heavy atom. The van der Waals surface area contributed by atoms with Crippen LogP contribution in [0.1, 0.15) is 43.7 Å². The third-order valence-corrected chi connectivity index (χ3v) is 8.57. The van der Waals surface area contributed by atoms with Crippen LogP contribution in [0.3, 0.4) is 0 Å². The van der Waals surface area contributed by atoms with E-state index < -0.39 is 5.67 Å². The van der Waals surface area contributed by atoms with Gasteiger partial charge in [0.15, 0.2) is 0 Å². The Morgan fingerprint density at radius 1 is 1.25 bits per heavy atom. The summed E-state index contributed by atoms with van der Waals surface area (Å²) in [6.07, 6.45) is 9.35. The first kappa shape index (κ1) is 18.4. The molecule has 24 heavy (non-hydrogen) atoms. The second-order valence-electron chi connectivity index (χ2n) is 7.58. The first-order valence-corrected chi connectivity index (χ1v) is 12.0. The Kier molecular flexibility index (Phi) is 6.39. The molecule has 2 aliphatic heterocycles. The van der Waals surface area contributed by atoms with Crippen molar-refractivity contribution in [2.45, 2.75) is 51.6 Å². The van der Waals surface area contributed by atoms with E-state index >= 15 is 0 Å². The third kappa shape index (κ3) is 5.57. The second-order valence-corrected chi connectivity index (χ2v) is 11.4. The minimum absolute atomic E-state index is 0.0747. The maximum atomic E-state index is 13.6. The molecule has 2 aliphatic rings. The average molecular weight is 372 g/mol. The fraction of sp³-hybridized carbons (Fsp3) is 0.778. The van der Waals surface area contributed by atoms with Gasteiger partial charge >= 0.3 is 0 Å². The molecule has 1 aromatic heterocycles. The van der Waals surface area contributed by atoms with Crippen LogP contribution in [-0.2, 0) is 12.8 Å². The van der Waals surface area contributed by atoms with Gasteiger partial charge in [0.2, 0.25) is 0 Å². The highest BCUT2D eigenvalue weighted by molar-refractivity contribution is 7.57. The van der Waals surface area contributed by atoms with Crippen molar-refractivity contribution in [1.29, 1.82) is 0 Å². The molecule has 1 fully saturated rings. The van der Waals surface area contributed by atoms with Crippen LogP contribution in [0.5, 0.6) is 5.19 Å². The van der Waals surface area contributed by atoms with Gasteiger partial charge in [-0.25, -0.2) is 9.37 Å². The predicted octanol–water partition coefficient (Wildman–Crippen LogP) is 3.87. The van der Waals surface area contributed by atoms with E-state index in [1.54, 1.807) is 11.3 Å². The van der Waals surface area contributed by atoms with Gasteiger partial charge in [0.25, 0.3) is 5.19 Å². The molecule has 0 saturated carbocycles. The molecule has 1 saturated heterocycles. The van der Waals surface area contributed by atoms with Crippen LogP contribution in [0, 0.1) is 0 Å². The summed E-state index contributed by atoms with van der Waals surface area (Å²) in [5, 5.41) is 0.637. The van der Waals surface area contributed by atoms with E-state index in [-0.39, 0.29) is 14.2 Å². The Morgan fingerprint density at radius 2 is 2.00 bits per heavy atom. The van der Waals surface area contributed by atoms with Gasteiger partial charge in [0, 0.05) is 30.9 Å². The van der Waals surface area contributed by atoms with Crippen molar-refractivity contribution >= 4 is 24.7 Å². The average Bonchev–Trinajstić information content (AvgIpc) is 2.85. The highest BCUT2D eigenvalue weighted by Crippen LogP contribution is 2.31. The monoisotopic (exact) mass is 372 g/mol. The Labute approximate surface area is 150 Å². The minimum Gasteiger partial charge on any atom is -0.467 e. The van der Waals surface area contributed by atoms with Gasteiger partial charge in [-0.3, -0.25) is 4.90 Å². The maximum Gasteiger partial charge on any atom is 0.273 e. The standard InChI is InChI=1S/C18H30FN2OPS/c1-18(2,19)14-22-17-20-15-6-8-21(9-7-16(15)24-17)10-13-23-11-4-3-5-12-23/h13,23H,3-12,14H2,1-2H3. The number of halogens is 1. The Balaban J connectivity index is 1.51. The summed E-state index contributed by atoms with van der Waals surface area (Å²) in [6, 6.07) is 0. The molecule has 0 radical (unpaired) electrons. The summed E-state index contributed by atoms with van der Waals surface area (Å²) < 4.78 is 19.1. The highest BCUT2D eigenvalue weighted by atomic mass is 32.1. The number of nitrogens with zero attached hydrogens (tertiary/aromatic N) is 2. The smallest absolute Gasteiger partial charge is 0.273 e. The van der Waals surface area contributed by atoms with Crippen LogP contribution in [0.15, 0.2) is 0 Å². The van der Waals surface area contributed by atoms with Crippen molar-refractivity contribution in [3.05, 3.63) is 10.6 Å².